The average molecular weight is 428 g/mol. The lowest BCUT2D eigenvalue weighted by atomic mass is 10.1. The Hall–Kier alpha value is -2.78. The minimum Gasteiger partial charge on any atom is -0.342 e. The summed E-state index contributed by atoms with van der Waals surface area (Å²) in [5, 5.41) is 11.2. The van der Waals surface area contributed by atoms with Crippen molar-refractivity contribution in [2.75, 3.05) is 6.54 Å². The lowest BCUT2D eigenvalue weighted by Gasteiger charge is -2.32. The largest absolute Gasteiger partial charge is 0.342 e. The zero-order valence-corrected chi connectivity index (χ0v) is 17.8. The van der Waals surface area contributed by atoms with Gasteiger partial charge in [-0.05, 0) is 57.0 Å². The minimum absolute atomic E-state index is 0.0394. The van der Waals surface area contributed by atoms with Crippen LogP contribution in [0.3, 0.4) is 0 Å². The molecule has 1 saturated heterocycles. The van der Waals surface area contributed by atoms with Crippen LogP contribution < -0.4 is 5.32 Å². The lowest BCUT2D eigenvalue weighted by Crippen LogP contribution is -2.42. The number of pyridine rings is 1. The van der Waals surface area contributed by atoms with Crippen LogP contribution in [0, 0.1) is 0 Å². The lowest BCUT2D eigenvalue weighted by molar-refractivity contribution is 0.0938. The maximum Gasteiger partial charge on any atom is 0.251 e. The summed E-state index contributed by atoms with van der Waals surface area (Å²) >= 11 is 0. The molecule has 8 nitrogen and oxygen atoms in total. The molecule has 1 aliphatic heterocycles. The third-order valence-corrected chi connectivity index (χ3v) is 7.53. The second-order valence-electron chi connectivity index (χ2n) is 7.67. The van der Waals surface area contributed by atoms with E-state index in [0.29, 0.717) is 23.6 Å². The summed E-state index contributed by atoms with van der Waals surface area (Å²) in [4.78, 5) is 13.0. The van der Waals surface area contributed by atoms with Gasteiger partial charge in [0, 0.05) is 24.3 Å². The molecule has 2 atom stereocenters. The number of rotatable bonds is 5. The van der Waals surface area contributed by atoms with Crippen LogP contribution in [0.25, 0.3) is 5.65 Å². The third kappa shape index (κ3) is 3.82. The number of carbonyl (C=O) groups excluding carboxylic acids is 1. The van der Waals surface area contributed by atoms with Crippen molar-refractivity contribution < 1.29 is 13.2 Å². The van der Waals surface area contributed by atoms with Crippen LogP contribution >= 0.6 is 0 Å². The first kappa shape index (κ1) is 20.5. The minimum atomic E-state index is -3.64. The predicted octanol–water partition coefficient (Wildman–Crippen LogP) is 2.78. The molecule has 3 aromatic rings. The standard InChI is InChI=1S/C21H25N5O3S/c1-15-8-3-6-13-26(15)30(28,29)18-10-7-9-17(14-18)21(27)22-16(2)20-24-23-19-11-4-5-12-25(19)20/h4-5,7,9-12,14-16H,3,6,8,13H2,1-2H3,(H,22,27). The molecule has 0 aliphatic carbocycles. The van der Waals surface area contributed by atoms with Crippen LogP contribution in [0.15, 0.2) is 53.6 Å². The molecule has 1 aliphatic rings. The average Bonchev–Trinajstić information content (AvgIpc) is 3.18. The van der Waals surface area contributed by atoms with E-state index in [1.807, 2.05) is 42.6 Å². The SMILES string of the molecule is CC(NC(=O)c1cccc(S(=O)(=O)N2CCCCC2C)c1)c1nnc2ccccn12. The molecule has 0 bridgehead atoms. The predicted molar refractivity (Wildman–Crippen MR) is 113 cm³/mol. The van der Waals surface area contributed by atoms with Gasteiger partial charge >= 0.3 is 0 Å². The van der Waals surface area contributed by atoms with Crippen LogP contribution in [0.4, 0.5) is 0 Å². The molecule has 4 rings (SSSR count). The molecule has 1 N–H and O–H groups in total. The first-order valence-corrected chi connectivity index (χ1v) is 11.5. The van der Waals surface area contributed by atoms with Gasteiger partial charge in [0.15, 0.2) is 11.5 Å². The van der Waals surface area contributed by atoms with E-state index < -0.39 is 16.1 Å². The summed E-state index contributed by atoms with van der Waals surface area (Å²) in [6.07, 6.45) is 4.57. The van der Waals surface area contributed by atoms with Crippen LogP contribution in [0.2, 0.25) is 0 Å². The Balaban J connectivity index is 1.55. The van der Waals surface area contributed by atoms with Crippen LogP contribution in [-0.2, 0) is 10.0 Å². The van der Waals surface area contributed by atoms with Crippen LogP contribution in [0.1, 0.15) is 55.3 Å². The molecule has 30 heavy (non-hydrogen) atoms. The molecular weight excluding hydrogens is 402 g/mol. The van der Waals surface area contributed by atoms with Crippen molar-refractivity contribution in [3.63, 3.8) is 0 Å². The topological polar surface area (TPSA) is 96.7 Å². The van der Waals surface area contributed by atoms with E-state index in [1.54, 1.807) is 22.5 Å². The highest BCUT2D eigenvalue weighted by molar-refractivity contribution is 7.89. The molecule has 158 valence electrons. The van der Waals surface area contributed by atoms with Gasteiger partial charge in [-0.2, -0.15) is 4.31 Å². The number of aromatic nitrogens is 3. The van der Waals surface area contributed by atoms with Crippen molar-refractivity contribution in [2.24, 2.45) is 0 Å². The summed E-state index contributed by atoms with van der Waals surface area (Å²) in [5.41, 5.74) is 0.985. The summed E-state index contributed by atoms with van der Waals surface area (Å²) < 4.78 is 29.6. The molecule has 9 heteroatoms. The number of hydrogen-bond acceptors (Lipinski definition) is 5. The first-order chi connectivity index (χ1) is 14.4. The number of nitrogens with one attached hydrogen (secondary N) is 1. The molecular formula is C21H25N5O3S. The zero-order chi connectivity index (χ0) is 21.3. The van der Waals surface area contributed by atoms with Gasteiger partial charge in [0.1, 0.15) is 0 Å². The van der Waals surface area contributed by atoms with Gasteiger partial charge in [0.25, 0.3) is 5.91 Å². The highest BCUT2D eigenvalue weighted by atomic mass is 32.2. The van der Waals surface area contributed by atoms with E-state index >= 15 is 0 Å². The molecule has 1 aromatic carbocycles. The summed E-state index contributed by atoms with van der Waals surface area (Å²) in [6, 6.07) is 11.3. The van der Waals surface area contributed by atoms with E-state index in [-0.39, 0.29) is 16.8 Å². The van der Waals surface area contributed by atoms with Gasteiger partial charge in [-0.25, -0.2) is 8.42 Å². The Labute approximate surface area is 176 Å². The number of nitrogens with zero attached hydrogens (tertiary/aromatic N) is 4. The van der Waals surface area contributed by atoms with Gasteiger partial charge < -0.3 is 5.32 Å². The highest BCUT2D eigenvalue weighted by Gasteiger charge is 2.31. The molecule has 0 spiro atoms. The van der Waals surface area contributed by atoms with Crippen molar-refractivity contribution in [1.29, 1.82) is 0 Å². The molecule has 1 fully saturated rings. The number of sulfonamides is 1. The number of benzene rings is 1. The van der Waals surface area contributed by atoms with E-state index in [0.717, 1.165) is 19.3 Å². The van der Waals surface area contributed by atoms with E-state index in [1.165, 1.54) is 6.07 Å². The number of carbonyl (C=O) groups is 1. The zero-order valence-electron chi connectivity index (χ0n) is 17.0. The Morgan fingerprint density at radius 3 is 2.80 bits per heavy atom. The van der Waals surface area contributed by atoms with Crippen molar-refractivity contribution in [3.05, 3.63) is 60.0 Å². The summed E-state index contributed by atoms with van der Waals surface area (Å²) in [6.45, 7) is 4.26. The number of hydrogen-bond donors (Lipinski definition) is 1. The number of fused-ring (bicyclic) bond motifs is 1. The second kappa shape index (κ2) is 8.16. The fourth-order valence-electron chi connectivity index (χ4n) is 3.86. The fourth-order valence-corrected chi connectivity index (χ4v) is 5.61. The monoisotopic (exact) mass is 427 g/mol. The van der Waals surface area contributed by atoms with E-state index in [2.05, 4.69) is 15.5 Å². The van der Waals surface area contributed by atoms with E-state index in [4.69, 9.17) is 0 Å². The fraction of sp³-hybridized carbons (Fsp3) is 0.381. The molecule has 2 aromatic heterocycles. The second-order valence-corrected chi connectivity index (χ2v) is 9.56. The Morgan fingerprint density at radius 2 is 2.00 bits per heavy atom. The molecule has 3 heterocycles. The van der Waals surface area contributed by atoms with Gasteiger partial charge in [-0.3, -0.25) is 9.20 Å². The summed E-state index contributed by atoms with van der Waals surface area (Å²) in [7, 11) is -3.64. The van der Waals surface area contributed by atoms with Gasteiger partial charge in [0.05, 0.1) is 10.9 Å². The maximum absolute atomic E-state index is 13.1. The number of piperidine rings is 1. The Bertz CT molecular complexity index is 1170. The maximum atomic E-state index is 13.1. The Morgan fingerprint density at radius 1 is 1.17 bits per heavy atom. The van der Waals surface area contributed by atoms with Crippen LogP contribution in [0.5, 0.6) is 0 Å². The van der Waals surface area contributed by atoms with Crippen molar-refractivity contribution in [2.45, 2.75) is 50.1 Å². The van der Waals surface area contributed by atoms with Crippen molar-refractivity contribution >= 4 is 21.6 Å². The number of amides is 1. The van der Waals surface area contributed by atoms with Gasteiger partial charge in [-0.1, -0.05) is 18.6 Å². The third-order valence-electron chi connectivity index (χ3n) is 5.52. The van der Waals surface area contributed by atoms with Gasteiger partial charge in [-0.15, -0.1) is 10.2 Å². The highest BCUT2D eigenvalue weighted by Crippen LogP contribution is 2.25. The van der Waals surface area contributed by atoms with Gasteiger partial charge in [0.2, 0.25) is 10.0 Å². The molecule has 0 radical (unpaired) electrons. The quantitative estimate of drug-likeness (QED) is 0.675. The van der Waals surface area contributed by atoms with E-state index in [9.17, 15) is 13.2 Å². The van der Waals surface area contributed by atoms with Crippen molar-refractivity contribution in [1.82, 2.24) is 24.2 Å². The molecule has 1 amide bonds. The van der Waals surface area contributed by atoms with Crippen molar-refractivity contribution in [3.8, 4) is 0 Å². The molecule has 2 unspecified atom stereocenters. The Kier molecular flexibility index (Phi) is 5.57. The first-order valence-electron chi connectivity index (χ1n) is 10.1. The normalized spacial score (nSPS) is 18.9. The van der Waals surface area contributed by atoms with Crippen LogP contribution in [-0.4, -0.2) is 45.8 Å². The molecule has 0 saturated carbocycles. The summed E-state index contributed by atoms with van der Waals surface area (Å²) in [5.74, 6) is 0.240. The smallest absolute Gasteiger partial charge is 0.251 e.